The van der Waals surface area contributed by atoms with Crippen molar-refractivity contribution in [2.45, 2.75) is 6.92 Å². The molecule has 2 heterocycles. The van der Waals surface area contributed by atoms with Gasteiger partial charge in [-0.25, -0.2) is 0 Å². The number of nitrogens with one attached hydrogen (secondary N) is 4. The second kappa shape index (κ2) is 9.15. The number of aryl methyl sites for hydroxylation is 1. The van der Waals surface area contributed by atoms with Crippen LogP contribution in [0.2, 0.25) is 0 Å². The molecule has 1 aliphatic heterocycles. The normalized spacial score (nSPS) is 13.3. The Balaban J connectivity index is 1.34. The van der Waals surface area contributed by atoms with E-state index in [9.17, 15) is 14.4 Å². The Morgan fingerprint density at radius 3 is 2.40 bits per heavy atom. The fourth-order valence-electron chi connectivity index (χ4n) is 3.89. The van der Waals surface area contributed by atoms with E-state index in [0.717, 1.165) is 16.8 Å². The van der Waals surface area contributed by atoms with E-state index in [1.54, 1.807) is 66.9 Å². The minimum atomic E-state index is -0.321. The first-order chi connectivity index (χ1) is 17.0. The maximum Gasteiger partial charge on any atom is 0.256 e. The Hall–Kier alpha value is -4.91. The van der Waals surface area contributed by atoms with Gasteiger partial charge in [-0.1, -0.05) is 30.3 Å². The Kier molecular flexibility index (Phi) is 5.73. The van der Waals surface area contributed by atoms with E-state index in [2.05, 4.69) is 20.9 Å². The number of fused-ring (bicyclic) bond motifs is 1. The molecule has 3 aromatic carbocycles. The topological polar surface area (TPSA) is 103 Å². The summed E-state index contributed by atoms with van der Waals surface area (Å²) in [4.78, 5) is 41.0. The Labute approximate surface area is 201 Å². The van der Waals surface area contributed by atoms with Crippen molar-refractivity contribution in [2.75, 3.05) is 16.0 Å². The molecule has 0 bridgehead atoms. The molecule has 7 heteroatoms. The molecule has 0 saturated carbocycles. The largest absolute Gasteiger partial charge is 0.362 e. The summed E-state index contributed by atoms with van der Waals surface area (Å²) in [6, 6.07) is 23.1. The fourth-order valence-corrected chi connectivity index (χ4v) is 3.89. The van der Waals surface area contributed by atoms with Crippen molar-refractivity contribution in [3.63, 3.8) is 0 Å². The summed E-state index contributed by atoms with van der Waals surface area (Å²) in [6.07, 6.45) is 3.57. The molecule has 7 nitrogen and oxygen atoms in total. The van der Waals surface area contributed by atoms with Gasteiger partial charge in [0.1, 0.15) is 0 Å². The third kappa shape index (κ3) is 4.60. The predicted octanol–water partition coefficient (Wildman–Crippen LogP) is 5.32. The van der Waals surface area contributed by atoms with Crippen molar-refractivity contribution in [1.82, 2.24) is 4.98 Å². The van der Waals surface area contributed by atoms with Gasteiger partial charge in [-0.15, -0.1) is 0 Å². The molecule has 172 valence electrons. The first-order valence-electron chi connectivity index (χ1n) is 11.1. The molecule has 4 aromatic rings. The third-order valence-corrected chi connectivity index (χ3v) is 5.77. The predicted molar refractivity (Wildman–Crippen MR) is 137 cm³/mol. The molecule has 0 radical (unpaired) electrons. The lowest BCUT2D eigenvalue weighted by molar-refractivity contribution is -0.110. The molecular weight excluding hydrogens is 440 g/mol. The van der Waals surface area contributed by atoms with Crippen LogP contribution in [0.4, 0.5) is 17.1 Å². The van der Waals surface area contributed by atoms with Crippen LogP contribution in [0.1, 0.15) is 37.5 Å². The van der Waals surface area contributed by atoms with Crippen molar-refractivity contribution < 1.29 is 14.4 Å². The second-order valence-corrected chi connectivity index (χ2v) is 8.20. The number of carbonyl (C=O) groups excluding carboxylic acids is 3. The van der Waals surface area contributed by atoms with Gasteiger partial charge in [-0.2, -0.15) is 0 Å². The lowest BCUT2D eigenvalue weighted by Gasteiger charge is -2.12. The Morgan fingerprint density at radius 2 is 1.63 bits per heavy atom. The summed E-state index contributed by atoms with van der Waals surface area (Å²) < 4.78 is 0. The van der Waals surface area contributed by atoms with Crippen LogP contribution in [-0.2, 0) is 4.79 Å². The fraction of sp³-hybridized carbons (Fsp3) is 0.0357. The number of H-pyrrole nitrogens is 1. The molecule has 0 spiro atoms. The minimum Gasteiger partial charge on any atom is -0.362 e. The monoisotopic (exact) mass is 462 g/mol. The van der Waals surface area contributed by atoms with Crippen molar-refractivity contribution in [3.8, 4) is 0 Å². The van der Waals surface area contributed by atoms with Crippen LogP contribution in [0.25, 0.3) is 11.6 Å². The molecule has 35 heavy (non-hydrogen) atoms. The second-order valence-electron chi connectivity index (χ2n) is 8.20. The van der Waals surface area contributed by atoms with Crippen molar-refractivity contribution >= 4 is 46.4 Å². The summed E-state index contributed by atoms with van der Waals surface area (Å²) >= 11 is 0. The van der Waals surface area contributed by atoms with Crippen LogP contribution in [0.15, 0.2) is 85.1 Å². The summed E-state index contributed by atoms with van der Waals surface area (Å²) in [6.45, 7) is 1.87. The van der Waals surface area contributed by atoms with Gasteiger partial charge in [0.25, 0.3) is 17.7 Å². The highest BCUT2D eigenvalue weighted by Gasteiger charge is 2.25. The first kappa shape index (κ1) is 21.9. The van der Waals surface area contributed by atoms with E-state index in [0.29, 0.717) is 33.8 Å². The summed E-state index contributed by atoms with van der Waals surface area (Å²) in [5.74, 6) is -0.771. The molecule has 0 aliphatic carbocycles. The van der Waals surface area contributed by atoms with Crippen molar-refractivity contribution in [1.29, 1.82) is 0 Å². The number of hydrogen-bond donors (Lipinski definition) is 4. The minimum absolute atomic E-state index is 0.218. The van der Waals surface area contributed by atoms with E-state index < -0.39 is 0 Å². The summed E-state index contributed by atoms with van der Waals surface area (Å²) in [5, 5.41) is 8.59. The molecule has 0 unspecified atom stereocenters. The van der Waals surface area contributed by atoms with Gasteiger partial charge in [0.15, 0.2) is 0 Å². The molecule has 0 atom stereocenters. The van der Waals surface area contributed by atoms with Gasteiger partial charge in [0, 0.05) is 45.6 Å². The van der Waals surface area contributed by atoms with Crippen LogP contribution >= 0.6 is 0 Å². The van der Waals surface area contributed by atoms with Gasteiger partial charge in [0.05, 0.1) is 5.57 Å². The smallest absolute Gasteiger partial charge is 0.256 e. The molecule has 5 rings (SSSR count). The number of aromatic amines is 1. The van der Waals surface area contributed by atoms with E-state index in [1.165, 1.54) is 0 Å². The molecule has 1 aliphatic rings. The van der Waals surface area contributed by atoms with Gasteiger partial charge in [0.2, 0.25) is 0 Å². The summed E-state index contributed by atoms with van der Waals surface area (Å²) in [5.41, 5.74) is 5.63. The van der Waals surface area contributed by atoms with Crippen LogP contribution < -0.4 is 16.0 Å². The molecule has 0 saturated heterocycles. The highest BCUT2D eigenvalue weighted by atomic mass is 16.2. The lowest BCUT2D eigenvalue weighted by Crippen LogP contribution is -2.15. The van der Waals surface area contributed by atoms with E-state index >= 15 is 0 Å². The van der Waals surface area contributed by atoms with E-state index in [1.807, 2.05) is 31.2 Å². The number of anilines is 3. The SMILES string of the molecule is Cc1ccc(NC(=O)c2ccccc2)cc1NC(=O)c1ccc2c(c1)NC(=O)C2=Cc1ccc[nH]1. The van der Waals surface area contributed by atoms with Gasteiger partial charge < -0.3 is 20.9 Å². The summed E-state index contributed by atoms with van der Waals surface area (Å²) in [7, 11) is 0. The quantitative estimate of drug-likeness (QED) is 0.302. The number of benzene rings is 3. The van der Waals surface area contributed by atoms with E-state index in [4.69, 9.17) is 0 Å². The average Bonchev–Trinajstić information content (AvgIpc) is 3.49. The van der Waals surface area contributed by atoms with Crippen molar-refractivity contribution in [3.05, 3.63) is 113 Å². The first-order valence-corrected chi connectivity index (χ1v) is 11.1. The van der Waals surface area contributed by atoms with Crippen LogP contribution in [-0.4, -0.2) is 22.7 Å². The third-order valence-electron chi connectivity index (χ3n) is 5.77. The highest BCUT2D eigenvalue weighted by Crippen LogP contribution is 2.34. The Bertz CT molecular complexity index is 1470. The average molecular weight is 463 g/mol. The zero-order chi connectivity index (χ0) is 24.4. The number of amides is 3. The maximum atomic E-state index is 13.0. The number of rotatable bonds is 5. The number of hydrogen-bond acceptors (Lipinski definition) is 3. The van der Waals surface area contributed by atoms with Crippen LogP contribution in [0.3, 0.4) is 0 Å². The van der Waals surface area contributed by atoms with E-state index in [-0.39, 0.29) is 17.7 Å². The zero-order valence-corrected chi connectivity index (χ0v) is 18.9. The number of carbonyl (C=O) groups is 3. The zero-order valence-electron chi connectivity index (χ0n) is 18.9. The Morgan fingerprint density at radius 1 is 0.829 bits per heavy atom. The lowest BCUT2D eigenvalue weighted by atomic mass is 10.0. The standard InChI is InChI=1S/C28H22N4O3/c1-17-9-11-21(30-26(33)18-6-3-2-4-7-18)16-24(17)31-27(34)19-10-12-22-23(15-20-8-5-13-29-20)28(35)32-25(22)14-19/h2-16,29H,1H3,(H,30,33)(H,31,34)(H,32,35). The molecule has 1 aromatic heterocycles. The van der Waals surface area contributed by atoms with Gasteiger partial charge in [-0.05, 0) is 67.1 Å². The van der Waals surface area contributed by atoms with Gasteiger partial charge in [-0.3, -0.25) is 14.4 Å². The molecule has 4 N–H and O–H groups in total. The molecule has 3 amide bonds. The molecular formula is C28H22N4O3. The number of aromatic nitrogens is 1. The van der Waals surface area contributed by atoms with Crippen molar-refractivity contribution in [2.24, 2.45) is 0 Å². The van der Waals surface area contributed by atoms with Crippen LogP contribution in [0, 0.1) is 6.92 Å². The maximum absolute atomic E-state index is 13.0. The highest BCUT2D eigenvalue weighted by molar-refractivity contribution is 6.35. The van der Waals surface area contributed by atoms with Crippen LogP contribution in [0.5, 0.6) is 0 Å². The van der Waals surface area contributed by atoms with Gasteiger partial charge >= 0.3 is 0 Å². The molecule has 0 fully saturated rings.